The molecular weight excluding hydrogens is 467 g/mol. The van der Waals surface area contributed by atoms with Crippen LogP contribution in [-0.2, 0) is 21.3 Å². The van der Waals surface area contributed by atoms with Crippen molar-refractivity contribution in [2.75, 3.05) is 27.3 Å². The molecule has 0 fully saturated rings. The van der Waals surface area contributed by atoms with Crippen LogP contribution in [0.3, 0.4) is 0 Å². The normalized spacial score (nSPS) is 14.9. The van der Waals surface area contributed by atoms with Gasteiger partial charge in [0.25, 0.3) is 0 Å². The Hall–Kier alpha value is -1.17. The van der Waals surface area contributed by atoms with Crippen LogP contribution in [0.5, 0.6) is 0 Å². The number of methoxy groups -OCH3 is 1. The maximum atomic E-state index is 12.3. The first-order valence-corrected chi connectivity index (χ1v) is 9.73. The second-order valence-electron chi connectivity index (χ2n) is 5.75. The molecule has 26 heavy (non-hydrogen) atoms. The van der Waals surface area contributed by atoms with Gasteiger partial charge in [-0.25, -0.2) is 13.1 Å². The maximum absolute atomic E-state index is 12.3. The molecular formula is C17H27IN4O3S. The lowest BCUT2D eigenvalue weighted by Crippen LogP contribution is -2.42. The Morgan fingerprint density at radius 1 is 1.31 bits per heavy atom. The molecule has 0 radical (unpaired) electrons. The first-order valence-electron chi connectivity index (χ1n) is 8.25. The van der Waals surface area contributed by atoms with Crippen LogP contribution in [0.1, 0.15) is 18.4 Å². The Morgan fingerprint density at radius 2 is 2.04 bits per heavy atom. The molecule has 0 atom stereocenters. The van der Waals surface area contributed by atoms with Crippen LogP contribution in [-0.4, -0.2) is 47.7 Å². The number of hydrogen-bond acceptors (Lipinski definition) is 4. The van der Waals surface area contributed by atoms with Gasteiger partial charge < -0.3 is 15.4 Å². The molecule has 1 aromatic rings. The molecule has 0 aliphatic heterocycles. The summed E-state index contributed by atoms with van der Waals surface area (Å²) in [5.74, 6) is 0.708. The van der Waals surface area contributed by atoms with E-state index in [4.69, 9.17) is 4.74 Å². The molecule has 1 aliphatic rings. The third-order valence-corrected chi connectivity index (χ3v) is 5.30. The Balaban J connectivity index is 0.00000338. The van der Waals surface area contributed by atoms with Gasteiger partial charge in [-0.05, 0) is 30.5 Å². The second kappa shape index (κ2) is 11.5. The van der Waals surface area contributed by atoms with Crippen molar-refractivity contribution in [3.63, 3.8) is 0 Å². The van der Waals surface area contributed by atoms with Crippen molar-refractivity contribution in [3.05, 3.63) is 42.0 Å². The predicted molar refractivity (Wildman–Crippen MR) is 114 cm³/mol. The number of hydrogen-bond donors (Lipinski definition) is 3. The van der Waals surface area contributed by atoms with E-state index in [9.17, 15) is 8.42 Å². The zero-order valence-electron chi connectivity index (χ0n) is 15.1. The zero-order chi connectivity index (χ0) is 18.1. The number of aliphatic imine (C=N–C) groups is 1. The summed E-state index contributed by atoms with van der Waals surface area (Å²) in [6.07, 6.45) is 6.27. The Kier molecular flexibility index (Phi) is 10.1. The predicted octanol–water partition coefficient (Wildman–Crippen LogP) is 1.61. The SMILES string of the molecule is CN=C(NCc1cccc(S(=O)(=O)NCCOC)c1)NC1CC=CC1.I. The fraction of sp³-hybridized carbons (Fsp3) is 0.471. The summed E-state index contributed by atoms with van der Waals surface area (Å²) in [6, 6.07) is 7.22. The van der Waals surface area contributed by atoms with Crippen molar-refractivity contribution in [2.45, 2.75) is 30.3 Å². The molecule has 7 nitrogen and oxygen atoms in total. The highest BCUT2D eigenvalue weighted by molar-refractivity contribution is 14.0. The minimum atomic E-state index is -3.53. The van der Waals surface area contributed by atoms with Crippen LogP contribution in [0.2, 0.25) is 0 Å². The van der Waals surface area contributed by atoms with Crippen LogP contribution < -0.4 is 15.4 Å². The van der Waals surface area contributed by atoms with Crippen molar-refractivity contribution in [2.24, 2.45) is 4.99 Å². The Morgan fingerprint density at radius 3 is 2.69 bits per heavy atom. The average Bonchev–Trinajstić information content (AvgIpc) is 3.12. The zero-order valence-corrected chi connectivity index (χ0v) is 18.2. The fourth-order valence-corrected chi connectivity index (χ4v) is 3.58. The molecule has 0 amide bonds. The lowest BCUT2D eigenvalue weighted by Gasteiger charge is -2.17. The van der Waals surface area contributed by atoms with Crippen LogP contribution in [0.15, 0.2) is 46.3 Å². The van der Waals surface area contributed by atoms with Crippen LogP contribution >= 0.6 is 24.0 Å². The molecule has 0 spiro atoms. The van der Waals surface area contributed by atoms with E-state index in [1.165, 1.54) is 7.11 Å². The van der Waals surface area contributed by atoms with Gasteiger partial charge in [0.1, 0.15) is 0 Å². The highest BCUT2D eigenvalue weighted by Gasteiger charge is 2.14. The van der Waals surface area contributed by atoms with Gasteiger partial charge in [-0.1, -0.05) is 24.3 Å². The van der Waals surface area contributed by atoms with E-state index in [0.29, 0.717) is 25.2 Å². The van der Waals surface area contributed by atoms with Gasteiger partial charge in [-0.3, -0.25) is 4.99 Å². The van der Waals surface area contributed by atoms with E-state index in [1.807, 2.05) is 6.07 Å². The van der Waals surface area contributed by atoms with Crippen LogP contribution in [0.4, 0.5) is 0 Å². The average molecular weight is 494 g/mol. The summed E-state index contributed by atoms with van der Waals surface area (Å²) in [5, 5.41) is 6.57. The van der Waals surface area contributed by atoms with Gasteiger partial charge in [0, 0.05) is 33.3 Å². The van der Waals surface area contributed by atoms with E-state index in [1.54, 1.807) is 25.2 Å². The van der Waals surface area contributed by atoms with E-state index >= 15 is 0 Å². The maximum Gasteiger partial charge on any atom is 0.240 e. The lowest BCUT2D eigenvalue weighted by atomic mass is 10.2. The number of nitrogens with zero attached hydrogens (tertiary/aromatic N) is 1. The standard InChI is InChI=1S/C17H26N4O3S.HI/c1-18-17(21-15-7-3-4-8-15)19-13-14-6-5-9-16(12-14)25(22,23)20-10-11-24-2;/h3-6,9,12,15,20H,7-8,10-11,13H2,1-2H3,(H2,18,19,21);1H. The van der Waals surface area contributed by atoms with E-state index < -0.39 is 10.0 Å². The molecule has 1 aromatic carbocycles. The molecule has 2 rings (SSSR count). The van der Waals surface area contributed by atoms with Crippen molar-refractivity contribution in [1.82, 2.24) is 15.4 Å². The third-order valence-electron chi connectivity index (χ3n) is 3.84. The lowest BCUT2D eigenvalue weighted by molar-refractivity contribution is 0.204. The topological polar surface area (TPSA) is 91.8 Å². The molecule has 0 bridgehead atoms. The second-order valence-corrected chi connectivity index (χ2v) is 7.51. The number of benzene rings is 1. The number of rotatable bonds is 8. The first kappa shape index (κ1) is 22.9. The summed E-state index contributed by atoms with van der Waals surface area (Å²) in [4.78, 5) is 4.45. The summed E-state index contributed by atoms with van der Waals surface area (Å²) >= 11 is 0. The van der Waals surface area contributed by atoms with Crippen molar-refractivity contribution >= 4 is 40.0 Å². The number of nitrogens with one attached hydrogen (secondary N) is 3. The largest absolute Gasteiger partial charge is 0.383 e. The molecule has 0 aromatic heterocycles. The molecule has 0 saturated carbocycles. The van der Waals surface area contributed by atoms with Gasteiger partial charge in [0.05, 0.1) is 11.5 Å². The number of halogens is 1. The van der Waals surface area contributed by atoms with E-state index in [-0.39, 0.29) is 35.4 Å². The molecule has 0 heterocycles. The van der Waals surface area contributed by atoms with Crippen molar-refractivity contribution in [3.8, 4) is 0 Å². The Labute approximate surface area is 172 Å². The van der Waals surface area contributed by atoms with Gasteiger partial charge in [0.2, 0.25) is 10.0 Å². The third kappa shape index (κ3) is 7.22. The van der Waals surface area contributed by atoms with E-state index in [0.717, 1.165) is 18.4 Å². The smallest absolute Gasteiger partial charge is 0.240 e. The highest BCUT2D eigenvalue weighted by atomic mass is 127. The molecule has 0 unspecified atom stereocenters. The minimum Gasteiger partial charge on any atom is -0.383 e. The summed E-state index contributed by atoms with van der Waals surface area (Å²) < 4.78 is 31.9. The number of guanidine groups is 1. The van der Waals surface area contributed by atoms with Crippen LogP contribution in [0, 0.1) is 0 Å². The van der Waals surface area contributed by atoms with Crippen molar-refractivity contribution < 1.29 is 13.2 Å². The van der Waals surface area contributed by atoms with Gasteiger partial charge in [-0.2, -0.15) is 0 Å². The van der Waals surface area contributed by atoms with Gasteiger partial charge >= 0.3 is 0 Å². The summed E-state index contributed by atoms with van der Waals surface area (Å²) in [5.41, 5.74) is 0.863. The number of ether oxygens (including phenoxy) is 1. The van der Waals surface area contributed by atoms with Crippen molar-refractivity contribution in [1.29, 1.82) is 0 Å². The molecule has 1 aliphatic carbocycles. The highest BCUT2D eigenvalue weighted by Crippen LogP contribution is 2.12. The Bertz CT molecular complexity index is 714. The van der Waals surface area contributed by atoms with Gasteiger partial charge in [-0.15, -0.1) is 24.0 Å². The minimum absolute atomic E-state index is 0. The van der Waals surface area contributed by atoms with E-state index in [2.05, 4.69) is 32.5 Å². The molecule has 0 saturated heterocycles. The quantitative estimate of drug-likeness (QED) is 0.168. The molecule has 9 heteroatoms. The van der Waals surface area contributed by atoms with Gasteiger partial charge in [0.15, 0.2) is 5.96 Å². The summed E-state index contributed by atoms with van der Waals surface area (Å²) in [7, 11) is -0.278. The molecule has 3 N–H and O–H groups in total. The van der Waals surface area contributed by atoms with Crippen LogP contribution in [0.25, 0.3) is 0 Å². The number of sulfonamides is 1. The summed E-state index contributed by atoms with van der Waals surface area (Å²) in [6.45, 7) is 1.06. The fourth-order valence-electron chi connectivity index (χ4n) is 2.49. The first-order chi connectivity index (χ1) is 12.0. The monoisotopic (exact) mass is 494 g/mol. The molecule has 146 valence electrons.